The molecule has 0 aliphatic heterocycles. The molecule has 0 saturated carbocycles. The molecule has 0 radical (unpaired) electrons. The van der Waals surface area contributed by atoms with Gasteiger partial charge in [0.05, 0.1) is 7.54 Å². The Bertz CT molecular complexity index is 483. The highest BCUT2D eigenvalue weighted by molar-refractivity contribution is 9.10. The molecular formula is C6H10BrN3. The van der Waals surface area contributed by atoms with Gasteiger partial charge >= 0.3 is 0 Å². The Kier molecular flexibility index (Phi) is 0.471. The average Bonchev–Trinajstić information content (AvgIpc) is 2.35. The maximum atomic E-state index is 7.44. The number of nitrogens with zero attached hydrogens (tertiary/aromatic N) is 3. The van der Waals surface area contributed by atoms with Crippen molar-refractivity contribution in [3.63, 3.8) is 0 Å². The fraction of sp³-hybridized carbons (Fsp3) is 0.500. The van der Waals surface area contributed by atoms with E-state index in [0.29, 0.717) is 4.57 Å². The van der Waals surface area contributed by atoms with Gasteiger partial charge in [0.2, 0.25) is 5.95 Å². The Labute approximate surface area is 82.8 Å². The molecular weight excluding hydrogens is 194 g/mol. The number of imidazole rings is 1. The van der Waals surface area contributed by atoms with E-state index in [9.17, 15) is 0 Å². The third-order valence-corrected chi connectivity index (χ3v) is 1.38. The fourth-order valence-electron chi connectivity index (χ4n) is 0.434. The van der Waals surface area contributed by atoms with E-state index in [0.717, 1.165) is 0 Å². The summed E-state index contributed by atoms with van der Waals surface area (Å²) in [4.78, 5) is 3.36. The second kappa shape index (κ2) is 2.62. The standard InChI is InChI=1S/C6H10BrN3/c1-9(2)6-8-4-5(7)10(6)3/h4H,1-3H3/i1D3,2D3,3D3,4D. The molecule has 0 N–H and O–H groups in total. The lowest BCUT2D eigenvalue weighted by atomic mass is 10.8. The van der Waals surface area contributed by atoms with Crippen molar-refractivity contribution in [2.45, 2.75) is 0 Å². The van der Waals surface area contributed by atoms with Gasteiger partial charge in [-0.1, -0.05) is 0 Å². The summed E-state index contributed by atoms with van der Waals surface area (Å²) in [6, 6.07) is 0. The average molecular weight is 214 g/mol. The lowest BCUT2D eigenvalue weighted by Crippen LogP contribution is -2.13. The third kappa shape index (κ3) is 1.16. The zero-order valence-electron chi connectivity index (χ0n) is 14.7. The molecule has 0 aliphatic rings. The highest BCUT2D eigenvalue weighted by Gasteiger charge is 2.03. The number of aromatic nitrogens is 2. The van der Waals surface area contributed by atoms with Gasteiger partial charge in [-0.05, 0) is 15.9 Å². The molecule has 0 saturated heterocycles. The van der Waals surface area contributed by atoms with Gasteiger partial charge in [-0.2, -0.15) is 0 Å². The Hall–Kier alpha value is -0.510. The zero-order valence-corrected chi connectivity index (χ0v) is 6.31. The summed E-state index contributed by atoms with van der Waals surface area (Å²) in [5, 5.41) is 0. The molecule has 0 fully saturated rings. The van der Waals surface area contributed by atoms with Crippen LogP contribution >= 0.6 is 15.9 Å². The molecule has 0 spiro atoms. The van der Waals surface area contributed by atoms with E-state index in [1.54, 1.807) is 0 Å². The second-order valence-electron chi connectivity index (χ2n) is 1.49. The first kappa shape index (κ1) is 1.80. The van der Waals surface area contributed by atoms with Gasteiger partial charge in [-0.15, -0.1) is 0 Å². The molecule has 1 aromatic heterocycles. The third-order valence-electron chi connectivity index (χ3n) is 0.844. The van der Waals surface area contributed by atoms with Crippen molar-refractivity contribution in [1.82, 2.24) is 9.55 Å². The second-order valence-corrected chi connectivity index (χ2v) is 2.24. The van der Waals surface area contributed by atoms with Crippen LogP contribution in [0.2, 0.25) is 0 Å². The van der Waals surface area contributed by atoms with Crippen LogP contribution in [0.5, 0.6) is 0 Å². The summed E-state index contributed by atoms with van der Waals surface area (Å²) in [5.74, 6) is -0.845. The van der Waals surface area contributed by atoms with Gasteiger partial charge in [0.1, 0.15) is 4.60 Å². The van der Waals surface area contributed by atoms with Gasteiger partial charge in [0.15, 0.2) is 0 Å². The maximum absolute atomic E-state index is 7.44. The summed E-state index contributed by atoms with van der Waals surface area (Å²) >= 11 is 2.80. The molecule has 3 nitrogen and oxygen atoms in total. The van der Waals surface area contributed by atoms with Gasteiger partial charge in [-0.3, -0.25) is 0 Å². The van der Waals surface area contributed by atoms with E-state index >= 15 is 0 Å². The van der Waals surface area contributed by atoms with Crippen LogP contribution in [0.25, 0.3) is 0 Å². The van der Waals surface area contributed by atoms with E-state index in [2.05, 4.69) is 20.9 Å². The minimum atomic E-state index is -3.15. The summed E-state index contributed by atoms with van der Waals surface area (Å²) in [7, 11) is 0. The number of anilines is 1. The fourth-order valence-corrected chi connectivity index (χ4v) is 0.681. The number of rotatable bonds is 1. The smallest absolute Gasteiger partial charge is 0.205 e. The van der Waals surface area contributed by atoms with Crippen molar-refractivity contribution in [3.8, 4) is 0 Å². The van der Waals surface area contributed by atoms with E-state index in [4.69, 9.17) is 13.7 Å². The van der Waals surface area contributed by atoms with Crippen molar-refractivity contribution in [3.05, 3.63) is 10.8 Å². The van der Waals surface area contributed by atoms with Gasteiger partial charge in [0.25, 0.3) is 0 Å². The minimum Gasteiger partial charge on any atom is -0.348 e. The lowest BCUT2D eigenvalue weighted by Gasteiger charge is -2.10. The van der Waals surface area contributed by atoms with E-state index in [-0.39, 0.29) is 9.50 Å². The first-order valence-corrected chi connectivity index (χ1v) is 3.02. The molecule has 0 aromatic carbocycles. The van der Waals surface area contributed by atoms with Crippen LogP contribution in [0, 0.1) is 0 Å². The minimum absolute atomic E-state index is 0.0742. The van der Waals surface area contributed by atoms with E-state index in [1.807, 2.05) is 0 Å². The van der Waals surface area contributed by atoms with Crippen LogP contribution in [0.1, 0.15) is 13.7 Å². The molecule has 10 heavy (non-hydrogen) atoms. The van der Waals surface area contributed by atoms with Crippen LogP contribution in [0.4, 0.5) is 5.95 Å². The first-order valence-electron chi connectivity index (χ1n) is 7.23. The van der Waals surface area contributed by atoms with Crippen LogP contribution in [-0.4, -0.2) is 23.5 Å². The molecule has 1 heterocycles. The molecule has 1 rings (SSSR count). The molecule has 4 heteroatoms. The van der Waals surface area contributed by atoms with Crippen molar-refractivity contribution >= 4 is 21.9 Å². The molecule has 0 unspecified atom stereocenters. The summed E-state index contributed by atoms with van der Waals surface area (Å²) in [6.07, 6.45) is -0.574. The van der Waals surface area contributed by atoms with E-state index in [1.165, 1.54) is 0 Å². The SMILES string of the molecule is [2H]c1nc(N(C([2H])([2H])[2H])C([2H])([2H])[2H])n(C([2H])([2H])[2H])c1Br. The Morgan fingerprint density at radius 2 is 2.70 bits per heavy atom. The Balaban J connectivity index is 3.63. The van der Waals surface area contributed by atoms with Crippen molar-refractivity contribution in [1.29, 1.82) is 0 Å². The van der Waals surface area contributed by atoms with Crippen molar-refractivity contribution in [2.24, 2.45) is 6.98 Å². The predicted molar refractivity (Wildman–Crippen MR) is 45.2 cm³/mol. The van der Waals surface area contributed by atoms with Crippen molar-refractivity contribution < 1.29 is 13.7 Å². The van der Waals surface area contributed by atoms with Crippen LogP contribution < -0.4 is 4.90 Å². The predicted octanol–water partition coefficient (Wildman–Crippen LogP) is 1.25. The summed E-state index contributed by atoms with van der Waals surface area (Å²) in [6.45, 7) is -9.19. The quantitative estimate of drug-likeness (QED) is 0.701. The summed E-state index contributed by atoms with van der Waals surface area (Å²) in [5.41, 5.74) is 0. The van der Waals surface area contributed by atoms with Gasteiger partial charge < -0.3 is 9.47 Å². The maximum Gasteiger partial charge on any atom is 0.205 e. The number of hydrogen-bond donors (Lipinski definition) is 0. The summed E-state index contributed by atoms with van der Waals surface area (Å²) < 4.78 is 72.9. The van der Waals surface area contributed by atoms with E-state index < -0.39 is 33.0 Å². The Morgan fingerprint density at radius 1 is 1.90 bits per heavy atom. The van der Waals surface area contributed by atoms with Crippen LogP contribution in [0.3, 0.4) is 0 Å². The monoisotopic (exact) mass is 213 g/mol. The highest BCUT2D eigenvalue weighted by atomic mass is 79.9. The first-order chi connectivity index (χ1) is 8.67. The largest absolute Gasteiger partial charge is 0.348 e. The molecule has 0 amide bonds. The molecule has 1 aromatic rings. The molecule has 0 aliphatic carbocycles. The van der Waals surface area contributed by atoms with Crippen LogP contribution in [-0.2, 0) is 6.98 Å². The lowest BCUT2D eigenvalue weighted by molar-refractivity contribution is 0.851. The Morgan fingerprint density at radius 3 is 3.30 bits per heavy atom. The molecule has 56 valence electrons. The number of halogens is 1. The van der Waals surface area contributed by atoms with Gasteiger partial charge in [0, 0.05) is 33.3 Å². The molecule has 0 bridgehead atoms. The topological polar surface area (TPSA) is 21.1 Å². The highest BCUT2D eigenvalue weighted by Crippen LogP contribution is 2.15. The van der Waals surface area contributed by atoms with Crippen molar-refractivity contribution in [2.75, 3.05) is 18.9 Å². The normalized spacial score (nSPS) is 28.5. The zero-order chi connectivity index (χ0) is 16.1. The molecule has 0 atom stereocenters. The number of hydrogen-bond acceptors (Lipinski definition) is 2. The van der Waals surface area contributed by atoms with Gasteiger partial charge in [-0.25, -0.2) is 4.98 Å². The van der Waals surface area contributed by atoms with Crippen LogP contribution in [0.15, 0.2) is 10.8 Å².